The van der Waals surface area contributed by atoms with Crippen LogP contribution in [0.3, 0.4) is 0 Å². The molecule has 0 fully saturated rings. The number of benzene rings is 4. The Morgan fingerprint density at radius 3 is 0.818 bits per heavy atom. The van der Waals surface area contributed by atoms with Gasteiger partial charge < -0.3 is 10.4 Å². The molecule has 0 aliphatic carbocycles. The van der Waals surface area contributed by atoms with Gasteiger partial charge in [-0.15, -0.1) is 9.81 Å². The van der Waals surface area contributed by atoms with Crippen LogP contribution >= 0.6 is 15.8 Å². The van der Waals surface area contributed by atoms with Crippen molar-refractivity contribution < 1.29 is 10.4 Å². The van der Waals surface area contributed by atoms with E-state index in [1.807, 2.05) is 24.5 Å². The maximum atomic E-state index is 8.11. The number of rotatable bonds is 6. The zero-order valence-electron chi connectivity index (χ0n) is 23.6. The Kier molecular flexibility index (Phi) is 15.1. The first-order valence-corrected chi connectivity index (χ1v) is 16.0. The first kappa shape index (κ1) is 33.3. The van der Waals surface area contributed by atoms with E-state index in [1.54, 1.807) is 0 Å². The molecule has 220 valence electrons. The van der Waals surface area contributed by atoms with Crippen molar-refractivity contribution in [3.8, 4) is 0 Å². The maximum Gasteiger partial charge on any atom is 0.152 e. The summed E-state index contributed by atoms with van der Waals surface area (Å²) in [5.41, 5.74) is 2.30. The van der Waals surface area contributed by atoms with E-state index >= 15 is 0 Å². The highest BCUT2D eigenvalue weighted by atomic mass is 31.1. The van der Waals surface area contributed by atoms with Crippen LogP contribution in [0, 0.1) is 9.81 Å². The highest BCUT2D eigenvalue weighted by Gasteiger charge is 2.17. The highest BCUT2D eigenvalue weighted by molar-refractivity contribution is 7.80. The molecule has 8 nitrogen and oxygen atoms in total. The lowest BCUT2D eigenvalue weighted by Crippen LogP contribution is -2.22. The van der Waals surface area contributed by atoms with Crippen LogP contribution in [-0.2, 0) is 0 Å². The standard InChI is InChI=1S/2C17H14NP.2HNO2/c2*1-3-9-15(10-4-1)19(16-11-5-2-6-12-16)17-13-7-8-14-18-17;2*2-1-3/h2*1-14H;2*(H,2,3). The summed E-state index contributed by atoms with van der Waals surface area (Å²) >= 11 is 0. The van der Waals surface area contributed by atoms with Crippen LogP contribution in [0.5, 0.6) is 0 Å². The first-order valence-electron chi connectivity index (χ1n) is 13.3. The van der Waals surface area contributed by atoms with Gasteiger partial charge in [-0.05, 0) is 45.5 Å². The summed E-state index contributed by atoms with van der Waals surface area (Å²) in [6, 6.07) is 54.8. The summed E-state index contributed by atoms with van der Waals surface area (Å²) < 4.78 is 0. The summed E-state index contributed by atoms with van der Waals surface area (Å²) in [7, 11) is -1.11. The Hall–Kier alpha value is -5.16. The predicted octanol–water partition coefficient (Wildman–Crippen LogP) is 5.96. The Balaban J connectivity index is 0.000000204. The second kappa shape index (κ2) is 19.9. The Morgan fingerprint density at radius 2 is 0.614 bits per heavy atom. The van der Waals surface area contributed by atoms with Gasteiger partial charge in [0.25, 0.3) is 0 Å². The van der Waals surface area contributed by atoms with Gasteiger partial charge in [0.1, 0.15) is 0 Å². The highest BCUT2D eigenvalue weighted by Crippen LogP contribution is 2.32. The second-order valence-corrected chi connectivity index (χ2v) is 12.9. The van der Waals surface area contributed by atoms with Crippen molar-refractivity contribution in [1.82, 2.24) is 9.97 Å². The second-order valence-electron chi connectivity index (χ2n) is 8.55. The smallest absolute Gasteiger partial charge is 0.152 e. The Labute approximate surface area is 258 Å². The van der Waals surface area contributed by atoms with Crippen LogP contribution in [0.4, 0.5) is 0 Å². The van der Waals surface area contributed by atoms with Crippen LogP contribution < -0.4 is 32.1 Å². The molecule has 44 heavy (non-hydrogen) atoms. The summed E-state index contributed by atoms with van der Waals surface area (Å²) in [6.07, 6.45) is 3.74. The summed E-state index contributed by atoms with van der Waals surface area (Å²) in [5.74, 6) is 0. The van der Waals surface area contributed by atoms with E-state index in [-0.39, 0.29) is 0 Å². The van der Waals surface area contributed by atoms with E-state index in [9.17, 15) is 0 Å². The summed E-state index contributed by atoms with van der Waals surface area (Å²) in [4.78, 5) is 25.3. The minimum atomic E-state index is -0.557. The molecule has 0 unspecified atom stereocenters. The molecule has 0 aliphatic rings. The summed E-state index contributed by atoms with van der Waals surface area (Å²) in [6.45, 7) is 0. The first-order chi connectivity index (χ1) is 21.7. The molecule has 0 bridgehead atoms. The molecule has 0 aliphatic heterocycles. The van der Waals surface area contributed by atoms with Gasteiger partial charge in [0.15, 0.2) is 10.7 Å². The van der Waals surface area contributed by atoms with E-state index in [4.69, 9.17) is 20.2 Å². The minimum Gasteiger partial charge on any atom is -0.379 e. The number of aromatic nitrogens is 2. The molecule has 0 radical (unpaired) electrons. The van der Waals surface area contributed by atoms with Crippen molar-refractivity contribution in [3.05, 3.63) is 180 Å². The lowest BCUT2D eigenvalue weighted by Gasteiger charge is -2.17. The van der Waals surface area contributed by atoms with E-state index in [0.29, 0.717) is 0 Å². The normalized spacial score (nSPS) is 9.68. The van der Waals surface area contributed by atoms with Gasteiger partial charge in [-0.1, -0.05) is 133 Å². The van der Waals surface area contributed by atoms with Crippen LogP contribution in [-0.4, -0.2) is 20.4 Å². The van der Waals surface area contributed by atoms with Crippen molar-refractivity contribution in [3.63, 3.8) is 0 Å². The van der Waals surface area contributed by atoms with Gasteiger partial charge in [0, 0.05) is 28.2 Å². The fraction of sp³-hybridized carbons (Fsp3) is 0. The third kappa shape index (κ3) is 10.6. The zero-order chi connectivity index (χ0) is 31.2. The molecule has 0 saturated carbocycles. The maximum absolute atomic E-state index is 8.11. The Morgan fingerprint density at radius 1 is 0.386 bits per heavy atom. The molecule has 4 aromatic carbocycles. The van der Waals surface area contributed by atoms with Gasteiger partial charge in [-0.3, -0.25) is 9.97 Å². The van der Waals surface area contributed by atoms with Crippen LogP contribution in [0.15, 0.2) is 181 Å². The number of nitrogens with zero attached hydrogens (tertiary/aromatic N) is 4. The van der Waals surface area contributed by atoms with Crippen molar-refractivity contribution in [2.45, 2.75) is 0 Å². The molecular formula is C34H30N4O4P2. The van der Waals surface area contributed by atoms with Crippen molar-refractivity contribution in [2.75, 3.05) is 0 Å². The molecule has 2 heterocycles. The third-order valence-electron chi connectivity index (χ3n) is 5.81. The van der Waals surface area contributed by atoms with Crippen molar-refractivity contribution >= 4 is 47.9 Å². The van der Waals surface area contributed by atoms with Gasteiger partial charge in [-0.2, -0.15) is 0 Å². The lowest BCUT2D eigenvalue weighted by atomic mass is 10.4. The topological polar surface area (TPSA) is 125 Å². The fourth-order valence-electron chi connectivity index (χ4n) is 4.11. The van der Waals surface area contributed by atoms with Crippen LogP contribution in [0.2, 0.25) is 0 Å². The number of pyridine rings is 2. The largest absolute Gasteiger partial charge is 0.379 e. The monoisotopic (exact) mass is 620 g/mol. The molecular weight excluding hydrogens is 590 g/mol. The van der Waals surface area contributed by atoms with Gasteiger partial charge in [0.05, 0.1) is 10.9 Å². The lowest BCUT2D eigenvalue weighted by molar-refractivity contribution is 0.312. The molecule has 2 aromatic heterocycles. The van der Waals surface area contributed by atoms with Crippen molar-refractivity contribution in [1.29, 1.82) is 0 Å². The zero-order valence-corrected chi connectivity index (χ0v) is 25.3. The molecule has 0 atom stereocenters. The van der Waals surface area contributed by atoms with Crippen molar-refractivity contribution in [2.24, 2.45) is 10.7 Å². The minimum absolute atomic E-state index is 0.557. The molecule has 0 amide bonds. The SMILES string of the molecule is O=NO.O=NO.c1ccc(P(c2ccccc2)c2ccccn2)cc1.c1ccc(P(c2ccccc2)c2ccccn2)cc1. The Bertz CT molecular complexity index is 1290. The number of hydrogen-bond donors (Lipinski definition) is 2. The molecule has 0 spiro atoms. The van der Waals surface area contributed by atoms with E-state index in [0.717, 1.165) is 10.9 Å². The van der Waals surface area contributed by atoms with E-state index in [2.05, 4.69) is 156 Å². The van der Waals surface area contributed by atoms with Gasteiger partial charge in [-0.25, -0.2) is 0 Å². The van der Waals surface area contributed by atoms with Crippen LogP contribution in [0.1, 0.15) is 0 Å². The number of hydrogen-bond acceptors (Lipinski definition) is 6. The predicted molar refractivity (Wildman–Crippen MR) is 181 cm³/mol. The molecule has 0 saturated heterocycles. The van der Waals surface area contributed by atoms with Gasteiger partial charge in [0.2, 0.25) is 0 Å². The van der Waals surface area contributed by atoms with Crippen LogP contribution in [0.25, 0.3) is 0 Å². The average Bonchev–Trinajstić information content (AvgIpc) is 3.09. The average molecular weight is 621 g/mol. The molecule has 10 heteroatoms. The van der Waals surface area contributed by atoms with E-state index < -0.39 is 15.8 Å². The molecule has 6 aromatic rings. The molecule has 2 N–H and O–H groups in total. The quantitative estimate of drug-likeness (QED) is 0.134. The van der Waals surface area contributed by atoms with Gasteiger partial charge >= 0.3 is 0 Å². The summed E-state index contributed by atoms with van der Waals surface area (Å²) in [5, 5.41) is 21.1. The third-order valence-corrected chi connectivity index (χ3v) is 10.5. The molecule has 6 rings (SSSR count). The fourth-order valence-corrected chi connectivity index (χ4v) is 8.48. The van der Waals surface area contributed by atoms with E-state index in [1.165, 1.54) is 31.9 Å².